The van der Waals surface area contributed by atoms with E-state index >= 15 is 0 Å². The molecule has 0 unspecified atom stereocenters. The Morgan fingerprint density at radius 1 is 1.15 bits per heavy atom. The third kappa shape index (κ3) is 2.15. The lowest BCUT2D eigenvalue weighted by Crippen LogP contribution is -2.40. The molecule has 0 atom stereocenters. The van der Waals surface area contributed by atoms with E-state index in [1.54, 1.807) is 0 Å². The highest BCUT2D eigenvalue weighted by Gasteiger charge is 2.48. The van der Waals surface area contributed by atoms with Crippen LogP contribution >= 0.6 is 0 Å². The molecule has 1 aliphatic heterocycles. The maximum Gasteiger partial charge on any atom is 0.360 e. The first kappa shape index (κ1) is 10.8. The summed E-state index contributed by atoms with van der Waals surface area (Å²) in [4.78, 5) is 0. The molecule has 0 aromatic rings. The molecule has 13 heavy (non-hydrogen) atoms. The molecule has 1 aliphatic rings. The lowest BCUT2D eigenvalue weighted by Gasteiger charge is -2.11. The average molecular weight is 235 g/mol. The maximum atomic E-state index is 12.7. The van der Waals surface area contributed by atoms with Gasteiger partial charge in [0.2, 0.25) is 10.0 Å². The van der Waals surface area contributed by atoms with Crippen molar-refractivity contribution in [2.45, 2.75) is 18.1 Å². The Labute approximate surface area is 74.2 Å². The zero-order chi connectivity index (χ0) is 10.3. The molecule has 0 radical (unpaired) electrons. The zero-order valence-electron chi connectivity index (χ0n) is 6.33. The summed E-state index contributed by atoms with van der Waals surface area (Å²) in [6.45, 7) is 0. The normalized spacial score (nSPS) is 30.6. The molecule has 0 bridgehead atoms. The minimum atomic E-state index is -5.08. The van der Waals surface area contributed by atoms with Crippen LogP contribution in [0.25, 0.3) is 0 Å². The SMILES string of the molecule is O=S1(=O)CCCC(F)(F)S(=O)(=O)N1. The Morgan fingerprint density at radius 3 is 2.23 bits per heavy atom. The fourth-order valence-electron chi connectivity index (χ4n) is 0.872. The minimum Gasteiger partial charge on any atom is -0.211 e. The second-order valence-corrected chi connectivity index (χ2v) is 6.56. The van der Waals surface area contributed by atoms with Crippen molar-refractivity contribution in [3.05, 3.63) is 0 Å². The quantitative estimate of drug-likeness (QED) is 0.620. The van der Waals surface area contributed by atoms with Crippen LogP contribution in [-0.4, -0.2) is 27.8 Å². The van der Waals surface area contributed by atoms with Gasteiger partial charge in [0.1, 0.15) is 0 Å². The first-order valence-corrected chi connectivity index (χ1v) is 6.43. The topological polar surface area (TPSA) is 80.3 Å². The number of nitrogens with one attached hydrogen (secondary N) is 1. The van der Waals surface area contributed by atoms with E-state index in [-0.39, 0.29) is 6.42 Å². The van der Waals surface area contributed by atoms with E-state index in [0.29, 0.717) is 0 Å². The predicted octanol–water partition coefficient (Wildman–Crippen LogP) is -0.378. The Hall–Kier alpha value is -0.280. The van der Waals surface area contributed by atoms with Crippen molar-refractivity contribution in [3.8, 4) is 0 Å². The van der Waals surface area contributed by atoms with E-state index < -0.39 is 37.5 Å². The molecule has 0 saturated carbocycles. The van der Waals surface area contributed by atoms with Crippen LogP contribution in [0, 0.1) is 0 Å². The Morgan fingerprint density at radius 2 is 1.69 bits per heavy atom. The van der Waals surface area contributed by atoms with Gasteiger partial charge in [-0.2, -0.15) is 8.78 Å². The lowest BCUT2D eigenvalue weighted by atomic mass is 10.3. The monoisotopic (exact) mass is 235 g/mol. The van der Waals surface area contributed by atoms with Gasteiger partial charge in [0, 0.05) is 6.42 Å². The molecule has 0 spiro atoms. The van der Waals surface area contributed by atoms with E-state index in [1.165, 1.54) is 0 Å². The average Bonchev–Trinajstić information content (AvgIpc) is 1.86. The summed E-state index contributed by atoms with van der Waals surface area (Å²) in [5, 5.41) is -4.00. The predicted molar refractivity (Wildman–Crippen MR) is 40.0 cm³/mol. The van der Waals surface area contributed by atoms with Gasteiger partial charge in [-0.15, -0.1) is 4.13 Å². The van der Waals surface area contributed by atoms with E-state index in [2.05, 4.69) is 0 Å². The fourth-order valence-corrected chi connectivity index (χ4v) is 3.97. The highest BCUT2D eigenvalue weighted by Crippen LogP contribution is 2.29. The fraction of sp³-hybridized carbons (Fsp3) is 1.00. The van der Waals surface area contributed by atoms with Gasteiger partial charge in [-0.05, 0) is 6.42 Å². The van der Waals surface area contributed by atoms with E-state index in [4.69, 9.17) is 0 Å². The summed E-state index contributed by atoms with van der Waals surface area (Å²) in [6, 6.07) is 0. The van der Waals surface area contributed by atoms with Crippen molar-refractivity contribution >= 4 is 20.0 Å². The number of hydrogen-bond acceptors (Lipinski definition) is 4. The summed E-state index contributed by atoms with van der Waals surface area (Å²) in [7, 11) is -9.19. The van der Waals surface area contributed by atoms with Gasteiger partial charge < -0.3 is 0 Å². The summed E-state index contributed by atoms with van der Waals surface area (Å²) in [6.07, 6.45) is -1.34. The van der Waals surface area contributed by atoms with Crippen LogP contribution in [0.3, 0.4) is 0 Å². The molecule has 0 aromatic heterocycles. The molecule has 1 fully saturated rings. The zero-order valence-corrected chi connectivity index (χ0v) is 7.96. The number of rotatable bonds is 0. The van der Waals surface area contributed by atoms with Crippen molar-refractivity contribution in [2.75, 3.05) is 5.75 Å². The third-order valence-electron chi connectivity index (χ3n) is 1.51. The number of hydrogen-bond donors (Lipinski definition) is 1. The van der Waals surface area contributed by atoms with Crippen LogP contribution < -0.4 is 4.13 Å². The van der Waals surface area contributed by atoms with Gasteiger partial charge in [0.05, 0.1) is 5.75 Å². The summed E-state index contributed by atoms with van der Waals surface area (Å²) in [5.41, 5.74) is 0. The largest absolute Gasteiger partial charge is 0.360 e. The highest BCUT2D eigenvalue weighted by atomic mass is 32.3. The molecular formula is C4H7F2NO4S2. The van der Waals surface area contributed by atoms with Crippen molar-refractivity contribution in [3.63, 3.8) is 0 Å². The van der Waals surface area contributed by atoms with Gasteiger partial charge in [-0.25, -0.2) is 16.8 Å². The number of sulfonamides is 2. The Balaban J connectivity index is 3.18. The number of alkyl halides is 2. The van der Waals surface area contributed by atoms with Crippen molar-refractivity contribution in [1.82, 2.24) is 4.13 Å². The van der Waals surface area contributed by atoms with Crippen molar-refractivity contribution in [1.29, 1.82) is 0 Å². The molecule has 1 rings (SSSR count). The molecule has 5 nitrogen and oxygen atoms in total. The first-order chi connectivity index (χ1) is 5.66. The van der Waals surface area contributed by atoms with Crippen molar-refractivity contribution in [2.24, 2.45) is 0 Å². The summed E-state index contributed by atoms with van der Waals surface area (Å²) < 4.78 is 69.2. The Bertz CT molecular complexity index is 398. The molecule has 1 N–H and O–H groups in total. The van der Waals surface area contributed by atoms with Gasteiger partial charge in [-0.3, -0.25) is 0 Å². The molecule has 9 heteroatoms. The van der Waals surface area contributed by atoms with Gasteiger partial charge >= 0.3 is 5.25 Å². The van der Waals surface area contributed by atoms with Gasteiger partial charge in [0.15, 0.2) is 0 Å². The highest BCUT2D eigenvalue weighted by molar-refractivity contribution is 8.05. The molecule has 1 heterocycles. The second-order valence-electron chi connectivity index (χ2n) is 2.65. The Kier molecular flexibility index (Phi) is 2.37. The second kappa shape index (κ2) is 2.85. The van der Waals surface area contributed by atoms with Crippen LogP contribution in [-0.2, 0) is 20.0 Å². The molecule has 0 aliphatic carbocycles. The first-order valence-electron chi connectivity index (χ1n) is 3.30. The maximum absolute atomic E-state index is 12.7. The van der Waals surface area contributed by atoms with Crippen LogP contribution in [0.4, 0.5) is 8.78 Å². The smallest absolute Gasteiger partial charge is 0.211 e. The van der Waals surface area contributed by atoms with Crippen LogP contribution in [0.1, 0.15) is 12.8 Å². The molecular weight excluding hydrogens is 228 g/mol. The molecule has 78 valence electrons. The summed E-state index contributed by atoms with van der Waals surface area (Å²) >= 11 is 0. The summed E-state index contributed by atoms with van der Waals surface area (Å²) in [5.74, 6) is -0.595. The van der Waals surface area contributed by atoms with Crippen molar-refractivity contribution < 1.29 is 25.6 Å². The molecule has 0 amide bonds. The van der Waals surface area contributed by atoms with E-state index in [0.717, 1.165) is 4.13 Å². The van der Waals surface area contributed by atoms with Gasteiger partial charge in [-0.1, -0.05) is 0 Å². The minimum absolute atomic E-state index is 0.373. The lowest BCUT2D eigenvalue weighted by molar-refractivity contribution is 0.0818. The standard InChI is InChI=1S/C4H7F2NO4S2/c5-4(6)2-1-3-12(8,9)7-13(4,10)11/h7H,1-3H2. The van der Waals surface area contributed by atoms with E-state index in [1.807, 2.05) is 0 Å². The molecule has 1 saturated heterocycles. The van der Waals surface area contributed by atoms with Gasteiger partial charge in [0.25, 0.3) is 10.0 Å². The van der Waals surface area contributed by atoms with Crippen LogP contribution in [0.2, 0.25) is 0 Å². The number of halogens is 2. The van der Waals surface area contributed by atoms with E-state index in [9.17, 15) is 25.6 Å². The molecule has 0 aromatic carbocycles. The van der Waals surface area contributed by atoms with Crippen LogP contribution in [0.5, 0.6) is 0 Å². The third-order valence-corrected chi connectivity index (χ3v) is 5.22. The van der Waals surface area contributed by atoms with Crippen LogP contribution in [0.15, 0.2) is 0 Å².